The minimum absolute atomic E-state index is 0.0731. The van der Waals surface area contributed by atoms with E-state index < -0.39 is 6.10 Å². The standard InChI is InChI=1S/C25H28N4O3S/c1-15(2)32-18-7-8-21-19(13-18)24(28-29(21)23-6-4-5-11-31-23)25-26-10-9-20(27-25)17-12-22(16(3)30)33-14-17/h7-10,12-16,23,30H,4-6,11H2,1-3H3. The van der Waals surface area contributed by atoms with Gasteiger partial charge in [0.1, 0.15) is 11.4 Å². The van der Waals surface area contributed by atoms with Crippen LogP contribution in [0.15, 0.2) is 41.9 Å². The molecule has 1 saturated heterocycles. The van der Waals surface area contributed by atoms with Crippen LogP contribution in [0.2, 0.25) is 0 Å². The molecule has 1 aliphatic rings. The van der Waals surface area contributed by atoms with E-state index in [9.17, 15) is 5.11 Å². The number of nitrogens with zero attached hydrogens (tertiary/aromatic N) is 4. The average molecular weight is 465 g/mol. The summed E-state index contributed by atoms with van der Waals surface area (Å²) < 4.78 is 14.0. The fourth-order valence-electron chi connectivity index (χ4n) is 4.11. The Morgan fingerprint density at radius 3 is 2.79 bits per heavy atom. The lowest BCUT2D eigenvalue weighted by atomic mass is 10.1. The van der Waals surface area contributed by atoms with Crippen LogP contribution in [-0.2, 0) is 4.74 Å². The fraction of sp³-hybridized carbons (Fsp3) is 0.400. The number of thiophene rings is 1. The Balaban J connectivity index is 1.61. The number of aliphatic hydroxyl groups is 1. The first-order valence-electron chi connectivity index (χ1n) is 11.4. The molecule has 0 saturated carbocycles. The summed E-state index contributed by atoms with van der Waals surface area (Å²) in [7, 11) is 0. The molecule has 0 radical (unpaired) electrons. The van der Waals surface area contributed by atoms with Crippen molar-refractivity contribution in [1.29, 1.82) is 0 Å². The maximum absolute atomic E-state index is 9.89. The summed E-state index contributed by atoms with van der Waals surface area (Å²) in [6.45, 7) is 6.54. The highest BCUT2D eigenvalue weighted by molar-refractivity contribution is 7.10. The second-order valence-corrected chi connectivity index (χ2v) is 9.58. The predicted octanol–water partition coefficient (Wildman–Crippen LogP) is 5.76. The van der Waals surface area contributed by atoms with Gasteiger partial charge >= 0.3 is 0 Å². The maximum atomic E-state index is 9.89. The Hall–Kier alpha value is -2.81. The number of hydrogen-bond acceptors (Lipinski definition) is 7. The molecule has 4 aromatic rings. The zero-order valence-corrected chi connectivity index (χ0v) is 19.9. The molecule has 8 heteroatoms. The zero-order valence-electron chi connectivity index (χ0n) is 19.1. The van der Waals surface area contributed by atoms with Gasteiger partial charge in [-0.05, 0) is 70.4 Å². The number of benzene rings is 1. The second kappa shape index (κ2) is 9.21. The van der Waals surface area contributed by atoms with E-state index in [0.717, 1.165) is 58.7 Å². The molecule has 0 bridgehead atoms. The van der Waals surface area contributed by atoms with Crippen molar-refractivity contribution in [3.05, 3.63) is 46.8 Å². The van der Waals surface area contributed by atoms with Crippen molar-refractivity contribution in [2.45, 2.75) is 58.5 Å². The summed E-state index contributed by atoms with van der Waals surface area (Å²) in [6, 6.07) is 9.90. The van der Waals surface area contributed by atoms with Crippen LogP contribution in [0.5, 0.6) is 5.75 Å². The lowest BCUT2D eigenvalue weighted by Gasteiger charge is -2.23. The van der Waals surface area contributed by atoms with E-state index in [4.69, 9.17) is 19.6 Å². The van der Waals surface area contributed by atoms with Gasteiger partial charge in [0.25, 0.3) is 0 Å². The molecule has 1 aliphatic heterocycles. The van der Waals surface area contributed by atoms with Crippen molar-refractivity contribution in [1.82, 2.24) is 19.7 Å². The number of aromatic nitrogens is 4. The minimum Gasteiger partial charge on any atom is -0.491 e. The molecule has 0 spiro atoms. The van der Waals surface area contributed by atoms with Gasteiger partial charge in [-0.15, -0.1) is 11.3 Å². The quantitative estimate of drug-likeness (QED) is 0.391. The van der Waals surface area contributed by atoms with Crippen molar-refractivity contribution < 1.29 is 14.6 Å². The van der Waals surface area contributed by atoms with Crippen molar-refractivity contribution in [2.24, 2.45) is 0 Å². The first kappa shape index (κ1) is 22.0. The van der Waals surface area contributed by atoms with Crippen LogP contribution >= 0.6 is 11.3 Å². The van der Waals surface area contributed by atoms with E-state index in [0.29, 0.717) is 11.5 Å². The Morgan fingerprint density at radius 2 is 2.06 bits per heavy atom. The minimum atomic E-state index is -0.500. The van der Waals surface area contributed by atoms with Gasteiger partial charge in [0.05, 0.1) is 23.4 Å². The van der Waals surface area contributed by atoms with Crippen molar-refractivity contribution in [3.8, 4) is 28.5 Å². The van der Waals surface area contributed by atoms with Gasteiger partial charge in [0.2, 0.25) is 0 Å². The molecule has 0 aliphatic carbocycles. The normalized spacial score (nSPS) is 17.5. The van der Waals surface area contributed by atoms with Gasteiger partial charge in [-0.25, -0.2) is 14.6 Å². The van der Waals surface area contributed by atoms with E-state index >= 15 is 0 Å². The molecule has 2 atom stereocenters. The Bertz CT molecular complexity index is 1260. The Labute approximate surface area is 197 Å². The van der Waals surface area contributed by atoms with E-state index in [2.05, 4.69) is 4.98 Å². The summed E-state index contributed by atoms with van der Waals surface area (Å²) in [5.74, 6) is 1.34. The van der Waals surface area contributed by atoms with Gasteiger partial charge in [-0.1, -0.05) is 0 Å². The first-order valence-corrected chi connectivity index (χ1v) is 12.3. The van der Waals surface area contributed by atoms with Crippen LogP contribution in [0.4, 0.5) is 0 Å². The van der Waals surface area contributed by atoms with Crippen LogP contribution in [0.1, 0.15) is 57.2 Å². The summed E-state index contributed by atoms with van der Waals surface area (Å²) >= 11 is 1.52. The molecule has 33 heavy (non-hydrogen) atoms. The molecular weight excluding hydrogens is 436 g/mol. The van der Waals surface area contributed by atoms with Crippen molar-refractivity contribution in [2.75, 3.05) is 6.61 Å². The summed E-state index contributed by atoms with van der Waals surface area (Å²) in [5.41, 5.74) is 3.45. The lowest BCUT2D eigenvalue weighted by Crippen LogP contribution is -2.19. The molecule has 2 unspecified atom stereocenters. The summed E-state index contributed by atoms with van der Waals surface area (Å²) in [5, 5.41) is 17.8. The van der Waals surface area contributed by atoms with Gasteiger partial charge in [0.15, 0.2) is 12.1 Å². The predicted molar refractivity (Wildman–Crippen MR) is 129 cm³/mol. The smallest absolute Gasteiger partial charge is 0.181 e. The molecular formula is C25H28N4O3S. The van der Waals surface area contributed by atoms with Crippen molar-refractivity contribution in [3.63, 3.8) is 0 Å². The van der Waals surface area contributed by atoms with Crippen LogP contribution in [0.3, 0.4) is 0 Å². The van der Waals surface area contributed by atoms with Gasteiger partial charge < -0.3 is 14.6 Å². The molecule has 7 nitrogen and oxygen atoms in total. The van der Waals surface area contributed by atoms with E-state index in [1.807, 2.05) is 54.2 Å². The molecule has 172 valence electrons. The van der Waals surface area contributed by atoms with Crippen LogP contribution in [0.25, 0.3) is 33.7 Å². The third-order valence-corrected chi connectivity index (χ3v) is 6.78. The Morgan fingerprint density at radius 1 is 1.18 bits per heavy atom. The van der Waals surface area contributed by atoms with Crippen LogP contribution in [-0.4, -0.2) is 37.6 Å². The third-order valence-electron chi connectivity index (χ3n) is 5.67. The molecule has 3 aromatic heterocycles. The average Bonchev–Trinajstić information content (AvgIpc) is 3.45. The largest absolute Gasteiger partial charge is 0.491 e. The monoisotopic (exact) mass is 464 g/mol. The number of ether oxygens (including phenoxy) is 2. The molecule has 1 N–H and O–H groups in total. The Kier molecular flexibility index (Phi) is 6.14. The second-order valence-electron chi connectivity index (χ2n) is 8.64. The molecule has 1 aromatic carbocycles. The number of fused-ring (bicyclic) bond motifs is 1. The highest BCUT2D eigenvalue weighted by atomic mass is 32.1. The third kappa shape index (κ3) is 4.51. The topological polar surface area (TPSA) is 82.3 Å². The zero-order chi connectivity index (χ0) is 22.9. The van der Waals surface area contributed by atoms with E-state index in [-0.39, 0.29) is 12.3 Å². The number of rotatable bonds is 6. The van der Waals surface area contributed by atoms with Gasteiger partial charge in [-0.2, -0.15) is 5.10 Å². The number of hydrogen-bond donors (Lipinski definition) is 1. The van der Waals surface area contributed by atoms with Crippen LogP contribution in [0, 0.1) is 0 Å². The van der Waals surface area contributed by atoms with Crippen LogP contribution < -0.4 is 4.74 Å². The fourth-order valence-corrected chi connectivity index (χ4v) is 4.95. The molecule has 4 heterocycles. The highest BCUT2D eigenvalue weighted by Crippen LogP contribution is 2.35. The van der Waals surface area contributed by atoms with Gasteiger partial charge in [-0.3, -0.25) is 0 Å². The lowest BCUT2D eigenvalue weighted by molar-refractivity contribution is -0.0365. The first-order chi connectivity index (χ1) is 16.0. The number of aliphatic hydroxyl groups excluding tert-OH is 1. The maximum Gasteiger partial charge on any atom is 0.181 e. The SMILES string of the molecule is CC(C)Oc1ccc2c(c1)c(-c1nccc(-c3csc(C(C)O)c3)n1)nn2C1CCCCO1. The van der Waals surface area contributed by atoms with E-state index in [1.54, 1.807) is 13.1 Å². The molecule has 1 fully saturated rings. The van der Waals surface area contributed by atoms with Gasteiger partial charge in [0, 0.05) is 34.0 Å². The summed E-state index contributed by atoms with van der Waals surface area (Å²) in [4.78, 5) is 10.3. The summed E-state index contributed by atoms with van der Waals surface area (Å²) in [6.07, 6.45) is 4.36. The van der Waals surface area contributed by atoms with E-state index in [1.165, 1.54) is 11.3 Å². The highest BCUT2D eigenvalue weighted by Gasteiger charge is 2.23. The molecule has 0 amide bonds. The molecule has 5 rings (SSSR count). The van der Waals surface area contributed by atoms with Crippen molar-refractivity contribution >= 4 is 22.2 Å².